The standard InChI is InChI=1S/C22H20ClFN2O/c23-21-3-1-2-17-6-9-20(27-22(17)21)14-26-12-15-10-18(13-25-11-15)16-4-7-19(24)8-5-16/h1-5,7-8,10-11,13,20,26H,6,9,12,14H2. The fraction of sp³-hybridized carbons (Fsp3) is 0.227. The van der Waals surface area contributed by atoms with Crippen LogP contribution in [0.1, 0.15) is 17.5 Å². The van der Waals surface area contributed by atoms with Crippen molar-refractivity contribution in [3.05, 3.63) is 82.9 Å². The zero-order valence-corrected chi connectivity index (χ0v) is 15.5. The number of halogens is 2. The Balaban J connectivity index is 1.35. The van der Waals surface area contributed by atoms with Crippen molar-refractivity contribution in [1.29, 1.82) is 0 Å². The molecule has 0 spiro atoms. The summed E-state index contributed by atoms with van der Waals surface area (Å²) < 4.78 is 19.2. The van der Waals surface area contributed by atoms with E-state index in [1.807, 2.05) is 18.3 Å². The quantitative estimate of drug-likeness (QED) is 0.672. The molecule has 1 unspecified atom stereocenters. The molecule has 1 aliphatic rings. The van der Waals surface area contributed by atoms with Crippen molar-refractivity contribution in [2.24, 2.45) is 0 Å². The summed E-state index contributed by atoms with van der Waals surface area (Å²) in [6, 6.07) is 14.4. The van der Waals surface area contributed by atoms with E-state index in [-0.39, 0.29) is 11.9 Å². The van der Waals surface area contributed by atoms with Crippen LogP contribution < -0.4 is 10.1 Å². The third kappa shape index (κ3) is 4.29. The first-order chi connectivity index (χ1) is 13.2. The van der Waals surface area contributed by atoms with Crippen LogP contribution in [0.4, 0.5) is 4.39 Å². The number of para-hydroxylation sites is 1. The van der Waals surface area contributed by atoms with Gasteiger partial charge in [0.2, 0.25) is 0 Å². The van der Waals surface area contributed by atoms with Gasteiger partial charge in [-0.3, -0.25) is 4.98 Å². The predicted molar refractivity (Wildman–Crippen MR) is 106 cm³/mol. The number of aryl methyl sites for hydroxylation is 1. The van der Waals surface area contributed by atoms with Gasteiger partial charge in [-0.05, 0) is 53.8 Å². The van der Waals surface area contributed by atoms with Crippen LogP contribution in [0.25, 0.3) is 11.1 Å². The van der Waals surface area contributed by atoms with Gasteiger partial charge < -0.3 is 10.1 Å². The average molecular weight is 383 g/mol. The predicted octanol–water partition coefficient (Wildman–Crippen LogP) is 5.02. The summed E-state index contributed by atoms with van der Waals surface area (Å²) in [5, 5.41) is 4.12. The van der Waals surface area contributed by atoms with Gasteiger partial charge in [-0.25, -0.2) is 4.39 Å². The minimum atomic E-state index is -0.237. The van der Waals surface area contributed by atoms with Gasteiger partial charge >= 0.3 is 0 Å². The highest BCUT2D eigenvalue weighted by molar-refractivity contribution is 6.32. The second kappa shape index (κ2) is 8.07. The lowest BCUT2D eigenvalue weighted by Gasteiger charge is -2.27. The molecule has 0 saturated carbocycles. The van der Waals surface area contributed by atoms with Gasteiger partial charge in [0.25, 0.3) is 0 Å². The van der Waals surface area contributed by atoms with Crippen LogP contribution in [-0.2, 0) is 13.0 Å². The van der Waals surface area contributed by atoms with Crippen molar-refractivity contribution in [3.8, 4) is 16.9 Å². The zero-order chi connectivity index (χ0) is 18.6. The second-order valence-corrected chi connectivity index (χ2v) is 7.13. The normalized spacial score (nSPS) is 15.9. The van der Waals surface area contributed by atoms with E-state index in [2.05, 4.69) is 22.4 Å². The number of hydrogen-bond acceptors (Lipinski definition) is 3. The van der Waals surface area contributed by atoms with Crippen LogP contribution in [0.2, 0.25) is 5.02 Å². The van der Waals surface area contributed by atoms with E-state index >= 15 is 0 Å². The molecule has 0 fully saturated rings. The van der Waals surface area contributed by atoms with Crippen molar-refractivity contribution in [2.75, 3.05) is 6.54 Å². The molecule has 4 rings (SSSR count). The van der Waals surface area contributed by atoms with Crippen molar-refractivity contribution in [2.45, 2.75) is 25.5 Å². The summed E-state index contributed by atoms with van der Waals surface area (Å²) in [6.07, 6.45) is 5.68. The third-order valence-corrected chi connectivity index (χ3v) is 5.04. The number of rotatable bonds is 5. The second-order valence-electron chi connectivity index (χ2n) is 6.73. The Morgan fingerprint density at radius 1 is 1.11 bits per heavy atom. The molecule has 2 aromatic carbocycles. The third-order valence-electron chi connectivity index (χ3n) is 4.74. The van der Waals surface area contributed by atoms with Crippen LogP contribution in [0.5, 0.6) is 5.75 Å². The smallest absolute Gasteiger partial charge is 0.141 e. The highest BCUT2D eigenvalue weighted by Gasteiger charge is 2.21. The SMILES string of the molecule is Fc1ccc(-c2cncc(CNCC3CCc4cccc(Cl)c4O3)c2)cc1. The minimum absolute atomic E-state index is 0.102. The van der Waals surface area contributed by atoms with Crippen molar-refractivity contribution < 1.29 is 9.13 Å². The van der Waals surface area contributed by atoms with Gasteiger partial charge in [0.05, 0.1) is 5.02 Å². The number of aromatic nitrogens is 1. The molecule has 2 heterocycles. The van der Waals surface area contributed by atoms with Gasteiger partial charge in [-0.1, -0.05) is 35.9 Å². The molecular weight excluding hydrogens is 363 g/mol. The Morgan fingerprint density at radius 2 is 1.96 bits per heavy atom. The van der Waals surface area contributed by atoms with Gasteiger partial charge in [-0.15, -0.1) is 0 Å². The highest BCUT2D eigenvalue weighted by Crippen LogP contribution is 2.34. The molecule has 27 heavy (non-hydrogen) atoms. The first-order valence-corrected chi connectivity index (χ1v) is 9.41. The first-order valence-electron chi connectivity index (χ1n) is 9.03. The molecule has 0 radical (unpaired) electrons. The van der Waals surface area contributed by atoms with Crippen LogP contribution >= 0.6 is 11.6 Å². The van der Waals surface area contributed by atoms with Gasteiger partial charge in [0, 0.05) is 31.0 Å². The molecule has 1 aromatic heterocycles. The van der Waals surface area contributed by atoms with E-state index in [0.717, 1.165) is 41.8 Å². The lowest BCUT2D eigenvalue weighted by molar-refractivity contribution is 0.170. The minimum Gasteiger partial charge on any atom is -0.487 e. The molecule has 0 bridgehead atoms. The number of hydrogen-bond donors (Lipinski definition) is 1. The number of ether oxygens (including phenoxy) is 1. The van der Waals surface area contributed by atoms with Crippen LogP contribution in [-0.4, -0.2) is 17.6 Å². The van der Waals surface area contributed by atoms with Crippen molar-refractivity contribution in [1.82, 2.24) is 10.3 Å². The fourth-order valence-corrected chi connectivity index (χ4v) is 3.57. The summed E-state index contributed by atoms with van der Waals surface area (Å²) >= 11 is 6.25. The number of nitrogens with one attached hydrogen (secondary N) is 1. The molecule has 138 valence electrons. The van der Waals surface area contributed by atoms with Gasteiger partial charge in [0.15, 0.2) is 0 Å². The van der Waals surface area contributed by atoms with Gasteiger partial charge in [0.1, 0.15) is 17.7 Å². The van der Waals surface area contributed by atoms with E-state index in [4.69, 9.17) is 16.3 Å². The number of nitrogens with zero attached hydrogens (tertiary/aromatic N) is 1. The molecule has 0 saturated heterocycles. The molecule has 0 amide bonds. The molecule has 5 heteroatoms. The van der Waals surface area contributed by atoms with Crippen molar-refractivity contribution in [3.63, 3.8) is 0 Å². The highest BCUT2D eigenvalue weighted by atomic mass is 35.5. The largest absolute Gasteiger partial charge is 0.487 e. The summed E-state index contributed by atoms with van der Waals surface area (Å²) in [5.74, 6) is 0.580. The zero-order valence-electron chi connectivity index (χ0n) is 14.8. The van der Waals surface area contributed by atoms with Crippen LogP contribution in [0, 0.1) is 5.82 Å². The van der Waals surface area contributed by atoms with Gasteiger partial charge in [-0.2, -0.15) is 0 Å². The topological polar surface area (TPSA) is 34.2 Å². The van der Waals surface area contributed by atoms with E-state index in [1.54, 1.807) is 18.3 Å². The first kappa shape index (κ1) is 18.0. The summed E-state index contributed by atoms with van der Waals surface area (Å²) in [6.45, 7) is 1.43. The molecule has 0 aliphatic carbocycles. The molecular formula is C22H20ClFN2O. The summed E-state index contributed by atoms with van der Waals surface area (Å²) in [4.78, 5) is 4.31. The number of fused-ring (bicyclic) bond motifs is 1. The Labute approximate surface area is 163 Å². The summed E-state index contributed by atoms with van der Waals surface area (Å²) in [5.41, 5.74) is 4.18. The van der Waals surface area contributed by atoms with Crippen LogP contribution in [0.3, 0.4) is 0 Å². The fourth-order valence-electron chi connectivity index (χ4n) is 3.33. The lowest BCUT2D eigenvalue weighted by Crippen LogP contribution is -2.34. The average Bonchev–Trinajstić information content (AvgIpc) is 2.69. The Kier molecular flexibility index (Phi) is 5.37. The maximum absolute atomic E-state index is 13.1. The number of pyridine rings is 1. The summed E-state index contributed by atoms with van der Waals surface area (Å²) in [7, 11) is 0. The van der Waals surface area contributed by atoms with Crippen molar-refractivity contribution >= 4 is 11.6 Å². The molecule has 3 nitrogen and oxygen atoms in total. The molecule has 3 aromatic rings. The Hall–Kier alpha value is -2.43. The molecule has 1 atom stereocenters. The maximum atomic E-state index is 13.1. The van der Waals surface area contributed by atoms with E-state index in [9.17, 15) is 4.39 Å². The molecule has 1 N–H and O–H groups in total. The Bertz CT molecular complexity index is 930. The number of benzene rings is 2. The Morgan fingerprint density at radius 3 is 2.81 bits per heavy atom. The monoisotopic (exact) mass is 382 g/mol. The van der Waals surface area contributed by atoms with E-state index < -0.39 is 0 Å². The molecule has 1 aliphatic heterocycles. The lowest BCUT2D eigenvalue weighted by atomic mass is 10.0. The van der Waals surface area contributed by atoms with Crippen LogP contribution in [0.15, 0.2) is 60.9 Å². The van der Waals surface area contributed by atoms with E-state index in [0.29, 0.717) is 11.6 Å². The van der Waals surface area contributed by atoms with E-state index in [1.165, 1.54) is 17.7 Å². The maximum Gasteiger partial charge on any atom is 0.141 e.